The van der Waals surface area contributed by atoms with Crippen molar-refractivity contribution in [3.8, 4) is 0 Å². The van der Waals surface area contributed by atoms with Crippen LogP contribution in [0, 0.1) is 11.7 Å². The second-order valence-electron chi connectivity index (χ2n) is 4.47. The van der Waals surface area contributed by atoms with Gasteiger partial charge in [-0.25, -0.2) is 4.39 Å². The number of halogens is 2. The van der Waals surface area contributed by atoms with Gasteiger partial charge in [0.05, 0.1) is 5.88 Å². The molecule has 0 heterocycles. The van der Waals surface area contributed by atoms with Crippen molar-refractivity contribution < 1.29 is 4.39 Å². The van der Waals surface area contributed by atoms with Crippen LogP contribution >= 0.6 is 11.6 Å². The lowest BCUT2D eigenvalue weighted by Gasteiger charge is -2.31. The second-order valence-corrected chi connectivity index (χ2v) is 4.73. The number of hydrogen-bond acceptors (Lipinski definition) is 1. The predicted octanol–water partition coefficient (Wildman–Crippen LogP) is 4.05. The zero-order valence-corrected chi connectivity index (χ0v) is 11.1. The summed E-state index contributed by atoms with van der Waals surface area (Å²) in [5.41, 5.74) is 1.47. The van der Waals surface area contributed by atoms with Crippen LogP contribution in [0.15, 0.2) is 18.2 Å². The summed E-state index contributed by atoms with van der Waals surface area (Å²) < 4.78 is 13.6. The first-order valence-electron chi connectivity index (χ1n) is 5.55. The zero-order valence-electron chi connectivity index (χ0n) is 10.3. The molecule has 0 fully saturated rings. The minimum absolute atomic E-state index is 0.206. The van der Waals surface area contributed by atoms with Crippen LogP contribution in [0.4, 0.5) is 10.1 Å². The number of benzene rings is 1. The Morgan fingerprint density at radius 1 is 1.31 bits per heavy atom. The van der Waals surface area contributed by atoms with Crippen LogP contribution in [-0.4, -0.2) is 13.1 Å². The molecule has 0 aliphatic heterocycles. The first-order chi connectivity index (χ1) is 7.49. The van der Waals surface area contributed by atoms with Gasteiger partial charge in [-0.3, -0.25) is 0 Å². The van der Waals surface area contributed by atoms with Crippen molar-refractivity contribution in [3.05, 3.63) is 29.6 Å². The maximum Gasteiger partial charge on any atom is 0.129 e. The van der Waals surface area contributed by atoms with Crippen LogP contribution < -0.4 is 4.90 Å². The van der Waals surface area contributed by atoms with Crippen LogP contribution in [0.2, 0.25) is 0 Å². The molecule has 0 spiro atoms. The molecule has 0 radical (unpaired) electrons. The van der Waals surface area contributed by atoms with Crippen molar-refractivity contribution >= 4 is 17.3 Å². The summed E-state index contributed by atoms with van der Waals surface area (Å²) in [4.78, 5) is 2.09. The van der Waals surface area contributed by atoms with Gasteiger partial charge in [0, 0.05) is 24.3 Å². The average Bonchev–Trinajstić information content (AvgIpc) is 2.26. The summed E-state index contributed by atoms with van der Waals surface area (Å²) in [6, 6.07) is 5.45. The average molecular weight is 244 g/mol. The van der Waals surface area contributed by atoms with Crippen LogP contribution in [0.25, 0.3) is 0 Å². The molecule has 0 saturated carbocycles. The highest BCUT2D eigenvalue weighted by Gasteiger charge is 2.17. The molecule has 1 aromatic carbocycles. The molecule has 1 atom stereocenters. The summed E-state index contributed by atoms with van der Waals surface area (Å²) in [5.74, 6) is 0.490. The topological polar surface area (TPSA) is 3.24 Å². The second kappa shape index (κ2) is 5.53. The van der Waals surface area contributed by atoms with Crippen molar-refractivity contribution in [2.75, 3.05) is 11.9 Å². The van der Waals surface area contributed by atoms with Crippen LogP contribution in [0.3, 0.4) is 0 Å². The van der Waals surface area contributed by atoms with Crippen molar-refractivity contribution in [2.24, 2.45) is 5.92 Å². The van der Waals surface area contributed by atoms with E-state index in [9.17, 15) is 4.39 Å². The van der Waals surface area contributed by atoms with Gasteiger partial charge >= 0.3 is 0 Å². The Kier molecular flexibility index (Phi) is 4.60. The highest BCUT2D eigenvalue weighted by Crippen LogP contribution is 2.27. The molecule has 1 unspecified atom stereocenters. The van der Waals surface area contributed by atoms with E-state index in [0.717, 1.165) is 5.69 Å². The van der Waals surface area contributed by atoms with E-state index in [1.807, 2.05) is 13.1 Å². The minimum atomic E-state index is -0.227. The summed E-state index contributed by atoms with van der Waals surface area (Å²) in [5, 5.41) is 0. The largest absolute Gasteiger partial charge is 0.371 e. The highest BCUT2D eigenvalue weighted by molar-refractivity contribution is 6.17. The molecule has 1 aromatic rings. The van der Waals surface area contributed by atoms with Gasteiger partial charge in [0.15, 0.2) is 0 Å². The third kappa shape index (κ3) is 2.67. The van der Waals surface area contributed by atoms with E-state index in [1.165, 1.54) is 6.07 Å². The normalized spacial score (nSPS) is 12.9. The molecule has 0 saturated heterocycles. The molecule has 0 N–H and O–H groups in total. The van der Waals surface area contributed by atoms with Gasteiger partial charge in [0.1, 0.15) is 5.82 Å². The number of alkyl halides is 1. The highest BCUT2D eigenvalue weighted by atomic mass is 35.5. The summed E-state index contributed by atoms with van der Waals surface area (Å²) in [7, 11) is 1.98. The number of hydrogen-bond donors (Lipinski definition) is 0. The van der Waals surface area contributed by atoms with Gasteiger partial charge in [-0.05, 0) is 25.0 Å². The monoisotopic (exact) mass is 243 g/mol. The van der Waals surface area contributed by atoms with E-state index in [-0.39, 0.29) is 11.7 Å². The van der Waals surface area contributed by atoms with Crippen LogP contribution in [-0.2, 0) is 5.88 Å². The lowest BCUT2D eigenvalue weighted by Crippen LogP contribution is -2.33. The molecule has 1 rings (SSSR count). The summed E-state index contributed by atoms with van der Waals surface area (Å²) >= 11 is 5.80. The van der Waals surface area contributed by atoms with Crippen molar-refractivity contribution in [3.63, 3.8) is 0 Å². The standard InChI is InChI=1S/C13H19ClFN/c1-9(2)10(3)16(4)13-7-5-6-12(15)11(13)8-14/h5-7,9-10H,8H2,1-4H3. The minimum Gasteiger partial charge on any atom is -0.371 e. The number of rotatable bonds is 4. The van der Waals surface area contributed by atoms with E-state index in [1.54, 1.807) is 6.07 Å². The van der Waals surface area contributed by atoms with Crippen LogP contribution in [0.5, 0.6) is 0 Å². The van der Waals surface area contributed by atoms with E-state index in [4.69, 9.17) is 11.6 Å². The molecule has 3 heteroatoms. The molecule has 0 aliphatic carbocycles. The molecule has 0 aliphatic rings. The van der Waals surface area contributed by atoms with E-state index < -0.39 is 0 Å². The Balaban J connectivity index is 3.08. The first kappa shape index (κ1) is 13.3. The maximum atomic E-state index is 13.6. The number of nitrogens with zero attached hydrogens (tertiary/aromatic N) is 1. The summed E-state index contributed by atoms with van der Waals surface area (Å²) in [6.45, 7) is 6.44. The molecular formula is C13H19ClFN. The SMILES string of the molecule is CC(C)C(C)N(C)c1cccc(F)c1CCl. The fourth-order valence-electron chi connectivity index (χ4n) is 1.68. The molecule has 16 heavy (non-hydrogen) atoms. The van der Waals surface area contributed by atoms with Gasteiger partial charge in [-0.15, -0.1) is 11.6 Å². The third-order valence-corrected chi connectivity index (χ3v) is 3.45. The van der Waals surface area contributed by atoms with Crippen LogP contribution in [0.1, 0.15) is 26.3 Å². The van der Waals surface area contributed by atoms with Crippen molar-refractivity contribution in [1.82, 2.24) is 0 Å². The summed E-state index contributed by atoms with van der Waals surface area (Å²) in [6.07, 6.45) is 0. The maximum absolute atomic E-state index is 13.6. The molecular weight excluding hydrogens is 225 g/mol. The van der Waals surface area contributed by atoms with Gasteiger partial charge in [-0.2, -0.15) is 0 Å². The van der Waals surface area contributed by atoms with Gasteiger partial charge in [0.25, 0.3) is 0 Å². The fourth-order valence-corrected chi connectivity index (χ4v) is 1.94. The fraction of sp³-hybridized carbons (Fsp3) is 0.538. The Labute approximate surface area is 102 Å². The van der Waals surface area contributed by atoms with Crippen molar-refractivity contribution in [1.29, 1.82) is 0 Å². The number of anilines is 1. The molecule has 0 amide bonds. The smallest absolute Gasteiger partial charge is 0.129 e. The first-order valence-corrected chi connectivity index (χ1v) is 6.08. The zero-order chi connectivity index (χ0) is 12.3. The molecule has 0 aromatic heterocycles. The lowest BCUT2D eigenvalue weighted by molar-refractivity contribution is 0.503. The Bertz CT molecular complexity index is 352. The van der Waals surface area contributed by atoms with E-state index in [0.29, 0.717) is 17.5 Å². The quantitative estimate of drug-likeness (QED) is 0.722. The lowest BCUT2D eigenvalue weighted by atomic mass is 10.0. The van der Waals surface area contributed by atoms with E-state index in [2.05, 4.69) is 25.7 Å². The van der Waals surface area contributed by atoms with Gasteiger partial charge < -0.3 is 4.90 Å². The Hall–Kier alpha value is -0.760. The molecule has 1 nitrogen and oxygen atoms in total. The third-order valence-electron chi connectivity index (χ3n) is 3.18. The Morgan fingerprint density at radius 3 is 2.44 bits per heavy atom. The molecule has 0 bridgehead atoms. The molecule has 90 valence electrons. The van der Waals surface area contributed by atoms with E-state index >= 15 is 0 Å². The Morgan fingerprint density at radius 2 is 1.94 bits per heavy atom. The predicted molar refractivity (Wildman–Crippen MR) is 68.7 cm³/mol. The van der Waals surface area contributed by atoms with Gasteiger partial charge in [0.2, 0.25) is 0 Å². The van der Waals surface area contributed by atoms with Crippen molar-refractivity contribution in [2.45, 2.75) is 32.7 Å². The van der Waals surface area contributed by atoms with Gasteiger partial charge in [-0.1, -0.05) is 19.9 Å².